The summed E-state index contributed by atoms with van der Waals surface area (Å²) in [7, 11) is 3.17. The second kappa shape index (κ2) is 7.81. The Bertz CT molecular complexity index is 713. The number of ether oxygens (including phenoxy) is 2. The highest BCUT2D eigenvalue weighted by Gasteiger charge is 2.17. The van der Waals surface area contributed by atoms with Crippen LogP contribution in [-0.4, -0.2) is 20.1 Å². The maximum Gasteiger partial charge on any atom is 0.251 e. The Labute approximate surface area is 141 Å². The van der Waals surface area contributed by atoms with E-state index in [9.17, 15) is 9.18 Å². The lowest BCUT2D eigenvalue weighted by Gasteiger charge is -2.20. The fourth-order valence-electron chi connectivity index (χ4n) is 2.61. The zero-order valence-electron chi connectivity index (χ0n) is 14.4. The number of methoxy groups -OCH3 is 2. The maximum atomic E-state index is 13.0. The molecule has 0 aromatic heterocycles. The van der Waals surface area contributed by atoms with E-state index in [0.717, 1.165) is 17.5 Å². The van der Waals surface area contributed by atoms with Gasteiger partial charge in [0, 0.05) is 5.56 Å². The largest absolute Gasteiger partial charge is 0.493 e. The maximum absolute atomic E-state index is 13.0. The number of rotatable bonds is 6. The van der Waals surface area contributed by atoms with Gasteiger partial charge in [0.25, 0.3) is 5.91 Å². The second-order valence-electron chi connectivity index (χ2n) is 5.46. The molecule has 0 aliphatic carbocycles. The molecule has 0 saturated heterocycles. The summed E-state index contributed by atoms with van der Waals surface area (Å²) in [6.07, 6.45) is 0.798. The zero-order valence-corrected chi connectivity index (χ0v) is 14.4. The third kappa shape index (κ3) is 3.85. The summed E-state index contributed by atoms with van der Waals surface area (Å²) < 4.78 is 23.7. The fraction of sp³-hybridized carbons (Fsp3) is 0.316. The van der Waals surface area contributed by atoms with E-state index >= 15 is 0 Å². The number of halogens is 1. The van der Waals surface area contributed by atoms with Gasteiger partial charge in [0.05, 0.1) is 20.3 Å². The minimum Gasteiger partial charge on any atom is -0.493 e. The molecule has 0 heterocycles. The molecule has 1 amide bonds. The van der Waals surface area contributed by atoms with Gasteiger partial charge >= 0.3 is 0 Å². The molecule has 0 aliphatic heterocycles. The number of aryl methyl sites for hydroxylation is 1. The quantitative estimate of drug-likeness (QED) is 0.873. The molecular weight excluding hydrogens is 309 g/mol. The van der Waals surface area contributed by atoms with E-state index in [1.54, 1.807) is 14.2 Å². The SMILES string of the molecule is CCc1cc(OC)c(OC)cc1C(C)NC(=O)c1ccc(F)cc1. The van der Waals surface area contributed by atoms with Gasteiger partial charge in [-0.15, -0.1) is 0 Å². The molecule has 2 aromatic carbocycles. The topological polar surface area (TPSA) is 47.6 Å². The van der Waals surface area contributed by atoms with Crippen molar-refractivity contribution in [3.05, 3.63) is 58.9 Å². The van der Waals surface area contributed by atoms with Gasteiger partial charge in [0.1, 0.15) is 5.82 Å². The standard InChI is InChI=1S/C19H22FNO3/c1-5-13-10-17(23-3)18(24-4)11-16(13)12(2)21-19(22)14-6-8-15(20)9-7-14/h6-12H,5H2,1-4H3,(H,21,22). The molecule has 4 nitrogen and oxygen atoms in total. The Balaban J connectivity index is 2.26. The highest BCUT2D eigenvalue weighted by molar-refractivity contribution is 5.94. The predicted octanol–water partition coefficient (Wildman–Crippen LogP) is 3.90. The molecule has 1 N–H and O–H groups in total. The smallest absolute Gasteiger partial charge is 0.251 e. The number of hydrogen-bond acceptors (Lipinski definition) is 3. The number of nitrogens with one attached hydrogen (secondary N) is 1. The van der Waals surface area contributed by atoms with Gasteiger partial charge in [0.15, 0.2) is 11.5 Å². The van der Waals surface area contributed by atoms with Crippen molar-refractivity contribution in [2.75, 3.05) is 14.2 Å². The molecule has 0 radical (unpaired) electrons. The first-order valence-electron chi connectivity index (χ1n) is 7.81. The lowest BCUT2D eigenvalue weighted by atomic mass is 9.98. The van der Waals surface area contributed by atoms with Crippen LogP contribution in [0.25, 0.3) is 0 Å². The molecule has 0 saturated carbocycles. The number of amides is 1. The van der Waals surface area contributed by atoms with Gasteiger partial charge in [-0.1, -0.05) is 6.92 Å². The lowest BCUT2D eigenvalue weighted by Crippen LogP contribution is -2.27. The van der Waals surface area contributed by atoms with Gasteiger partial charge in [-0.3, -0.25) is 4.79 Å². The molecule has 1 unspecified atom stereocenters. The van der Waals surface area contributed by atoms with Crippen molar-refractivity contribution < 1.29 is 18.7 Å². The third-order valence-corrected chi connectivity index (χ3v) is 3.95. The predicted molar refractivity (Wildman–Crippen MR) is 91.2 cm³/mol. The number of carbonyl (C=O) groups excluding carboxylic acids is 1. The zero-order chi connectivity index (χ0) is 17.7. The number of benzene rings is 2. The minimum atomic E-state index is -0.368. The van der Waals surface area contributed by atoms with Crippen LogP contribution in [0, 0.1) is 5.82 Å². The summed E-state index contributed by atoms with van der Waals surface area (Å²) in [6, 6.07) is 9.06. The average Bonchev–Trinajstić information content (AvgIpc) is 2.60. The second-order valence-corrected chi connectivity index (χ2v) is 5.46. The first kappa shape index (κ1) is 17.8. The summed E-state index contributed by atoms with van der Waals surface area (Å²) in [5.41, 5.74) is 2.45. The summed E-state index contributed by atoms with van der Waals surface area (Å²) in [6.45, 7) is 3.95. The molecule has 128 valence electrons. The first-order valence-corrected chi connectivity index (χ1v) is 7.81. The molecule has 0 fully saturated rings. The lowest BCUT2D eigenvalue weighted by molar-refractivity contribution is 0.0939. The van der Waals surface area contributed by atoms with Crippen LogP contribution in [0.4, 0.5) is 4.39 Å². The Morgan fingerprint density at radius 1 is 1.12 bits per heavy atom. The van der Waals surface area contributed by atoms with Crippen molar-refractivity contribution in [1.29, 1.82) is 0 Å². The molecule has 1 atom stereocenters. The van der Waals surface area contributed by atoms with E-state index in [4.69, 9.17) is 9.47 Å². The minimum absolute atomic E-state index is 0.225. The summed E-state index contributed by atoms with van der Waals surface area (Å²) in [5, 5.41) is 2.94. The van der Waals surface area contributed by atoms with Crippen LogP contribution in [0.5, 0.6) is 11.5 Å². The van der Waals surface area contributed by atoms with Gasteiger partial charge in [-0.05, 0) is 60.9 Å². The third-order valence-electron chi connectivity index (χ3n) is 3.95. The van der Waals surface area contributed by atoms with E-state index < -0.39 is 0 Å². The summed E-state index contributed by atoms with van der Waals surface area (Å²) >= 11 is 0. The monoisotopic (exact) mass is 331 g/mol. The van der Waals surface area contributed by atoms with E-state index in [1.165, 1.54) is 24.3 Å². The van der Waals surface area contributed by atoms with E-state index in [2.05, 4.69) is 5.32 Å². The fourth-order valence-corrected chi connectivity index (χ4v) is 2.61. The van der Waals surface area contributed by atoms with Gasteiger partial charge in [0.2, 0.25) is 0 Å². The van der Waals surface area contributed by atoms with Crippen molar-refractivity contribution in [3.63, 3.8) is 0 Å². The summed E-state index contributed by atoms with van der Waals surface area (Å²) in [4.78, 5) is 12.3. The van der Waals surface area contributed by atoms with Crippen LogP contribution in [0.3, 0.4) is 0 Å². The van der Waals surface area contributed by atoms with Crippen LogP contribution in [0.2, 0.25) is 0 Å². The number of hydrogen-bond donors (Lipinski definition) is 1. The van der Waals surface area contributed by atoms with E-state index in [1.807, 2.05) is 26.0 Å². The molecule has 2 rings (SSSR count). The van der Waals surface area contributed by atoms with Crippen molar-refractivity contribution in [2.45, 2.75) is 26.3 Å². The Morgan fingerprint density at radius 2 is 1.71 bits per heavy atom. The summed E-state index contributed by atoms with van der Waals surface area (Å²) in [5.74, 6) is 0.662. The van der Waals surface area contributed by atoms with Crippen molar-refractivity contribution in [2.24, 2.45) is 0 Å². The molecular formula is C19H22FNO3. The molecule has 0 spiro atoms. The van der Waals surface area contributed by atoms with Crippen LogP contribution in [0.15, 0.2) is 36.4 Å². The average molecular weight is 331 g/mol. The van der Waals surface area contributed by atoms with E-state index in [-0.39, 0.29) is 17.8 Å². The van der Waals surface area contributed by atoms with Gasteiger partial charge < -0.3 is 14.8 Å². The van der Waals surface area contributed by atoms with Crippen molar-refractivity contribution in [3.8, 4) is 11.5 Å². The molecule has 2 aromatic rings. The Kier molecular flexibility index (Phi) is 5.79. The van der Waals surface area contributed by atoms with Crippen LogP contribution >= 0.6 is 0 Å². The van der Waals surface area contributed by atoms with Crippen molar-refractivity contribution >= 4 is 5.91 Å². The molecule has 0 bridgehead atoms. The van der Waals surface area contributed by atoms with Crippen molar-refractivity contribution in [1.82, 2.24) is 5.32 Å². The first-order chi connectivity index (χ1) is 11.5. The normalized spacial score (nSPS) is 11.7. The van der Waals surface area contributed by atoms with E-state index in [0.29, 0.717) is 17.1 Å². The van der Waals surface area contributed by atoms with Gasteiger partial charge in [-0.25, -0.2) is 4.39 Å². The Morgan fingerprint density at radius 3 is 2.25 bits per heavy atom. The molecule has 5 heteroatoms. The number of carbonyl (C=O) groups is 1. The van der Waals surface area contributed by atoms with Gasteiger partial charge in [-0.2, -0.15) is 0 Å². The van der Waals surface area contributed by atoms with Crippen LogP contribution < -0.4 is 14.8 Å². The molecule has 0 aliphatic rings. The Hall–Kier alpha value is -2.56. The van der Waals surface area contributed by atoms with Crippen LogP contribution in [0.1, 0.15) is 41.4 Å². The molecule has 24 heavy (non-hydrogen) atoms. The van der Waals surface area contributed by atoms with Crippen LogP contribution in [-0.2, 0) is 6.42 Å². The highest BCUT2D eigenvalue weighted by atomic mass is 19.1. The highest BCUT2D eigenvalue weighted by Crippen LogP contribution is 2.33.